The number of fused-ring (bicyclic) bond motifs is 1. The van der Waals surface area contributed by atoms with E-state index in [0.29, 0.717) is 61.0 Å². The number of anilines is 2. The van der Waals surface area contributed by atoms with E-state index in [9.17, 15) is 26.4 Å². The maximum atomic E-state index is 12.9. The molecule has 0 aliphatic carbocycles. The van der Waals surface area contributed by atoms with Gasteiger partial charge in [-0.15, -0.1) is 11.3 Å². The van der Waals surface area contributed by atoms with E-state index in [4.69, 9.17) is 0 Å². The van der Waals surface area contributed by atoms with Gasteiger partial charge in [-0.2, -0.15) is 25.9 Å². The number of hydrogen-bond donors (Lipinski definition) is 1. The Balaban J connectivity index is 1.16. The van der Waals surface area contributed by atoms with Crippen LogP contribution in [0.3, 0.4) is 0 Å². The number of alkyl halides is 3. The summed E-state index contributed by atoms with van der Waals surface area (Å²) in [5, 5.41) is 0.595. The van der Waals surface area contributed by atoms with Gasteiger partial charge in [-0.05, 0) is 36.6 Å². The van der Waals surface area contributed by atoms with Crippen LogP contribution < -0.4 is 9.62 Å². The second kappa shape index (κ2) is 11.3. The van der Waals surface area contributed by atoms with Crippen molar-refractivity contribution in [2.24, 2.45) is 0 Å². The summed E-state index contributed by atoms with van der Waals surface area (Å²) >= 11 is 1.02. The van der Waals surface area contributed by atoms with Crippen molar-refractivity contribution in [1.82, 2.24) is 19.2 Å². The molecule has 2 fully saturated rings. The van der Waals surface area contributed by atoms with Gasteiger partial charge in [-0.1, -0.05) is 18.6 Å². The molecule has 14 heteroatoms. The van der Waals surface area contributed by atoms with Crippen molar-refractivity contribution in [1.29, 1.82) is 0 Å². The Labute approximate surface area is 228 Å². The number of benzene rings is 1. The van der Waals surface area contributed by atoms with Crippen LogP contribution in [0.15, 0.2) is 36.7 Å². The van der Waals surface area contributed by atoms with Crippen LogP contribution in [-0.2, 0) is 27.8 Å². The van der Waals surface area contributed by atoms with E-state index < -0.39 is 22.8 Å². The highest BCUT2D eigenvalue weighted by molar-refractivity contribution is 7.90. The fraction of sp³-hybridized carbons (Fsp3) is 0.480. The van der Waals surface area contributed by atoms with Gasteiger partial charge in [0.05, 0.1) is 18.2 Å². The van der Waals surface area contributed by atoms with Crippen molar-refractivity contribution in [2.45, 2.75) is 38.3 Å². The molecule has 2 aliphatic rings. The predicted molar refractivity (Wildman–Crippen MR) is 144 cm³/mol. The molecule has 0 spiro atoms. The van der Waals surface area contributed by atoms with Gasteiger partial charge in [0.2, 0.25) is 5.91 Å². The molecular formula is C25H29F3N6O3S2. The zero-order valence-corrected chi connectivity index (χ0v) is 22.8. The molecule has 1 aromatic carbocycles. The van der Waals surface area contributed by atoms with Crippen molar-refractivity contribution in [3.8, 4) is 0 Å². The molecular weight excluding hydrogens is 553 g/mol. The van der Waals surface area contributed by atoms with E-state index in [2.05, 4.69) is 14.7 Å². The lowest BCUT2D eigenvalue weighted by atomic mass is 10.1. The number of amides is 1. The summed E-state index contributed by atoms with van der Waals surface area (Å²) < 4.78 is 67.8. The predicted octanol–water partition coefficient (Wildman–Crippen LogP) is 3.83. The third-order valence-corrected chi connectivity index (χ3v) is 9.46. The van der Waals surface area contributed by atoms with Crippen LogP contribution in [0.25, 0.3) is 10.2 Å². The number of carbonyl (C=O) groups is 1. The van der Waals surface area contributed by atoms with Gasteiger partial charge in [0.15, 0.2) is 0 Å². The van der Waals surface area contributed by atoms with Crippen LogP contribution in [0.4, 0.5) is 24.7 Å². The van der Waals surface area contributed by atoms with Crippen molar-refractivity contribution in [2.75, 3.05) is 48.9 Å². The molecule has 3 aromatic rings. The number of rotatable bonds is 7. The highest BCUT2D eigenvalue weighted by Gasteiger charge is 2.30. The minimum absolute atomic E-state index is 0.0490. The van der Waals surface area contributed by atoms with E-state index in [-0.39, 0.29) is 17.2 Å². The number of piperidine rings is 1. The number of piperazine rings is 1. The maximum Gasteiger partial charge on any atom is 0.393 e. The summed E-state index contributed by atoms with van der Waals surface area (Å²) in [7, 11) is -3.59. The first-order valence-electron chi connectivity index (χ1n) is 12.8. The number of hydrogen-bond acceptors (Lipinski definition) is 7. The Morgan fingerprint density at radius 2 is 1.67 bits per heavy atom. The van der Waals surface area contributed by atoms with Crippen LogP contribution in [0.2, 0.25) is 0 Å². The third-order valence-electron chi connectivity index (χ3n) is 6.88. The summed E-state index contributed by atoms with van der Waals surface area (Å²) in [6, 6.07) is 8.33. The van der Waals surface area contributed by atoms with Gasteiger partial charge in [-0.25, -0.2) is 9.97 Å². The lowest BCUT2D eigenvalue weighted by Crippen LogP contribution is -2.49. The average molecular weight is 583 g/mol. The van der Waals surface area contributed by atoms with E-state index in [1.54, 1.807) is 29.2 Å². The summed E-state index contributed by atoms with van der Waals surface area (Å²) in [6.07, 6.45) is -0.993. The smallest absolute Gasteiger partial charge is 0.352 e. The van der Waals surface area contributed by atoms with Crippen LogP contribution in [0, 0.1) is 0 Å². The first-order chi connectivity index (χ1) is 18.6. The molecule has 1 amide bonds. The van der Waals surface area contributed by atoms with Crippen molar-refractivity contribution < 1.29 is 26.4 Å². The fourth-order valence-corrected chi connectivity index (χ4v) is 7.22. The average Bonchev–Trinajstić information content (AvgIpc) is 3.31. The lowest BCUT2D eigenvalue weighted by Gasteiger charge is -2.35. The summed E-state index contributed by atoms with van der Waals surface area (Å²) in [6.45, 7) is 2.95. The van der Waals surface area contributed by atoms with Gasteiger partial charge in [0, 0.05) is 49.8 Å². The minimum Gasteiger partial charge on any atom is -0.352 e. The Kier molecular flexibility index (Phi) is 7.96. The Morgan fingerprint density at radius 1 is 0.974 bits per heavy atom. The third kappa shape index (κ3) is 6.79. The first kappa shape index (κ1) is 27.6. The standard InChI is InChI=1S/C25H29F3N6O3S2/c26-25(27,28)16-20-15-21-23(29-17-30-24(21)38-20)33-12-10-32(11-13-33)22(35)14-18-4-6-19(7-5-18)31-39(36,37)34-8-2-1-3-9-34/h4-7,15,17,31H,1-3,8-14,16H2. The topological polar surface area (TPSA) is 98.7 Å². The van der Waals surface area contributed by atoms with Crippen LogP contribution in [0.5, 0.6) is 0 Å². The second-order valence-electron chi connectivity index (χ2n) is 9.73. The van der Waals surface area contributed by atoms with Gasteiger partial charge in [0.1, 0.15) is 17.0 Å². The number of aromatic nitrogens is 2. The second-order valence-corrected chi connectivity index (χ2v) is 12.5. The number of nitrogens with one attached hydrogen (secondary N) is 1. The SMILES string of the molecule is O=C(Cc1ccc(NS(=O)(=O)N2CCCCC2)cc1)N1CCN(c2ncnc3sc(CC(F)(F)F)cc23)CC1. The molecule has 0 atom stereocenters. The van der Waals surface area contributed by atoms with Crippen molar-refractivity contribution in [3.63, 3.8) is 0 Å². The van der Waals surface area contributed by atoms with Gasteiger partial charge in [0.25, 0.3) is 0 Å². The first-order valence-corrected chi connectivity index (χ1v) is 15.0. The van der Waals surface area contributed by atoms with E-state index in [1.165, 1.54) is 16.7 Å². The normalized spacial score (nSPS) is 17.5. The molecule has 2 aromatic heterocycles. The molecule has 210 valence electrons. The molecule has 1 N–H and O–H groups in total. The molecule has 4 heterocycles. The van der Waals surface area contributed by atoms with E-state index in [1.807, 2.05) is 4.90 Å². The molecule has 39 heavy (non-hydrogen) atoms. The van der Waals surface area contributed by atoms with Gasteiger partial charge >= 0.3 is 16.4 Å². The van der Waals surface area contributed by atoms with Crippen molar-refractivity contribution in [3.05, 3.63) is 47.1 Å². The Morgan fingerprint density at radius 3 is 2.33 bits per heavy atom. The number of thiophene rings is 1. The monoisotopic (exact) mass is 582 g/mol. The van der Waals surface area contributed by atoms with Crippen molar-refractivity contribution >= 4 is 49.2 Å². The largest absolute Gasteiger partial charge is 0.393 e. The van der Waals surface area contributed by atoms with Crippen LogP contribution in [-0.4, -0.2) is 78.9 Å². The number of carbonyl (C=O) groups excluding carboxylic acids is 1. The maximum absolute atomic E-state index is 12.9. The lowest BCUT2D eigenvalue weighted by molar-refractivity contribution is -0.130. The molecule has 5 rings (SSSR count). The zero-order chi connectivity index (χ0) is 27.6. The quantitative estimate of drug-likeness (QED) is 0.455. The number of halogens is 3. The molecule has 0 radical (unpaired) electrons. The molecule has 2 aliphatic heterocycles. The summed E-state index contributed by atoms with van der Waals surface area (Å²) in [5.41, 5.74) is 1.23. The number of nitrogens with zero attached hydrogens (tertiary/aromatic N) is 5. The van der Waals surface area contributed by atoms with E-state index >= 15 is 0 Å². The highest BCUT2D eigenvalue weighted by atomic mass is 32.2. The van der Waals surface area contributed by atoms with Gasteiger partial charge < -0.3 is 9.80 Å². The van der Waals surface area contributed by atoms with Crippen LogP contribution >= 0.6 is 11.3 Å². The molecule has 0 saturated carbocycles. The Hall–Kier alpha value is -2.97. The minimum atomic E-state index is -4.29. The van der Waals surface area contributed by atoms with E-state index in [0.717, 1.165) is 36.2 Å². The Bertz CT molecular complexity index is 1420. The molecule has 0 bridgehead atoms. The fourth-order valence-electron chi connectivity index (χ4n) is 4.89. The van der Waals surface area contributed by atoms with Gasteiger partial charge in [-0.3, -0.25) is 9.52 Å². The summed E-state index contributed by atoms with van der Waals surface area (Å²) in [5.74, 6) is 0.534. The molecule has 9 nitrogen and oxygen atoms in total. The van der Waals surface area contributed by atoms with Crippen LogP contribution in [0.1, 0.15) is 29.7 Å². The zero-order valence-electron chi connectivity index (χ0n) is 21.2. The summed E-state index contributed by atoms with van der Waals surface area (Å²) in [4.78, 5) is 25.8. The molecule has 0 unspecified atom stereocenters. The highest BCUT2D eigenvalue weighted by Crippen LogP contribution is 2.34. The molecule has 2 saturated heterocycles.